The van der Waals surface area contributed by atoms with Crippen LogP contribution >= 0.6 is 0 Å². The number of urea groups is 1. The molecule has 198 valence electrons. The first-order valence-electron chi connectivity index (χ1n) is 12.6. The van der Waals surface area contributed by atoms with Crippen LogP contribution in [0.2, 0.25) is 0 Å². The number of ether oxygens (including phenoxy) is 1. The summed E-state index contributed by atoms with van der Waals surface area (Å²) in [4.78, 5) is 35.2. The predicted molar refractivity (Wildman–Crippen MR) is 145 cm³/mol. The van der Waals surface area contributed by atoms with Gasteiger partial charge in [-0.05, 0) is 56.2 Å². The number of rotatable bonds is 7. The van der Waals surface area contributed by atoms with Crippen LogP contribution in [0.4, 0.5) is 16.4 Å². The van der Waals surface area contributed by atoms with Gasteiger partial charge in [0.15, 0.2) is 11.5 Å². The van der Waals surface area contributed by atoms with Gasteiger partial charge in [0.2, 0.25) is 0 Å². The number of hydrogen-bond acceptors (Lipinski definition) is 8. The molecule has 0 bridgehead atoms. The minimum absolute atomic E-state index is 0.0297. The molecule has 3 amide bonds. The minimum Gasteiger partial charge on any atom is -0.456 e. The van der Waals surface area contributed by atoms with Gasteiger partial charge in [0, 0.05) is 49.7 Å². The first kappa shape index (κ1) is 25.5. The Balaban J connectivity index is 1.29. The number of nitriles is 1. The molecule has 1 aromatic carbocycles. The molecule has 1 atom stereocenters. The van der Waals surface area contributed by atoms with Gasteiger partial charge in [-0.15, -0.1) is 0 Å². The van der Waals surface area contributed by atoms with Gasteiger partial charge in [-0.1, -0.05) is 0 Å². The molecule has 0 aliphatic carbocycles. The maximum Gasteiger partial charge on any atom is 0.317 e. The molecule has 4 heterocycles. The van der Waals surface area contributed by atoms with E-state index in [2.05, 4.69) is 36.1 Å². The molecule has 5 rings (SSSR count). The third-order valence-corrected chi connectivity index (χ3v) is 6.28. The zero-order chi connectivity index (χ0) is 27.2. The van der Waals surface area contributed by atoms with E-state index in [0.717, 1.165) is 19.4 Å². The second-order valence-electron chi connectivity index (χ2n) is 8.99. The Bertz CT molecular complexity index is 1530. The van der Waals surface area contributed by atoms with Gasteiger partial charge < -0.3 is 25.6 Å². The maximum absolute atomic E-state index is 12.6. The van der Waals surface area contributed by atoms with E-state index in [4.69, 9.17) is 10.00 Å². The zero-order valence-corrected chi connectivity index (χ0v) is 21.3. The summed E-state index contributed by atoms with van der Waals surface area (Å²) in [5.41, 5.74) is 1.38. The first-order valence-corrected chi connectivity index (χ1v) is 12.6. The predicted octanol–water partition coefficient (Wildman–Crippen LogP) is 3.87. The van der Waals surface area contributed by atoms with E-state index in [1.54, 1.807) is 42.6 Å². The summed E-state index contributed by atoms with van der Waals surface area (Å²) in [7, 11) is 0. The van der Waals surface area contributed by atoms with Crippen LogP contribution in [-0.2, 0) is 0 Å². The van der Waals surface area contributed by atoms with Crippen molar-refractivity contribution >= 4 is 34.6 Å². The quantitative estimate of drug-likeness (QED) is 0.283. The molecular weight excluding hydrogens is 498 g/mol. The van der Waals surface area contributed by atoms with Crippen molar-refractivity contribution < 1.29 is 14.3 Å². The second-order valence-corrected chi connectivity index (χ2v) is 8.99. The number of hydrogen-bond donors (Lipinski definition) is 4. The summed E-state index contributed by atoms with van der Waals surface area (Å²) in [6, 6.07) is 13.5. The third kappa shape index (κ3) is 5.88. The highest BCUT2D eigenvalue weighted by atomic mass is 16.5. The smallest absolute Gasteiger partial charge is 0.317 e. The topological polar surface area (TPSA) is 161 Å². The Morgan fingerprint density at radius 2 is 2.00 bits per heavy atom. The fourth-order valence-electron chi connectivity index (χ4n) is 4.41. The molecule has 3 aromatic heterocycles. The Morgan fingerprint density at radius 1 is 1.18 bits per heavy atom. The molecule has 1 saturated heterocycles. The number of nitrogens with zero attached hydrogens (tertiary/aromatic N) is 5. The molecule has 12 heteroatoms. The van der Waals surface area contributed by atoms with Crippen molar-refractivity contribution in [3.63, 3.8) is 0 Å². The number of aromatic nitrogens is 4. The lowest BCUT2D eigenvalue weighted by molar-refractivity contribution is 0.102. The van der Waals surface area contributed by atoms with Crippen molar-refractivity contribution in [2.24, 2.45) is 0 Å². The highest BCUT2D eigenvalue weighted by Gasteiger charge is 2.25. The summed E-state index contributed by atoms with van der Waals surface area (Å²) in [6.45, 7) is 3.77. The van der Waals surface area contributed by atoms with E-state index in [1.165, 1.54) is 12.3 Å². The van der Waals surface area contributed by atoms with Crippen LogP contribution < -0.4 is 20.7 Å². The first-order chi connectivity index (χ1) is 19.0. The van der Waals surface area contributed by atoms with Gasteiger partial charge in [0.25, 0.3) is 5.91 Å². The number of benzene rings is 1. The summed E-state index contributed by atoms with van der Waals surface area (Å²) >= 11 is 0. The monoisotopic (exact) mass is 525 g/mol. The van der Waals surface area contributed by atoms with Crippen LogP contribution in [0, 0.1) is 11.3 Å². The number of carbonyl (C=O) groups is 2. The highest BCUT2D eigenvalue weighted by molar-refractivity contribution is 6.03. The summed E-state index contributed by atoms with van der Waals surface area (Å²) in [6.07, 6.45) is 4.88. The molecule has 1 fully saturated rings. The third-order valence-electron chi connectivity index (χ3n) is 6.28. The maximum atomic E-state index is 12.6. The molecule has 4 N–H and O–H groups in total. The molecule has 0 saturated carbocycles. The number of fused-ring (bicyclic) bond motifs is 1. The number of anilines is 2. The number of H-pyrrole nitrogens is 1. The molecule has 0 radical (unpaired) electrons. The van der Waals surface area contributed by atoms with E-state index in [1.807, 2.05) is 17.9 Å². The number of carbonyl (C=O) groups excluding carboxylic acids is 2. The van der Waals surface area contributed by atoms with Gasteiger partial charge in [-0.3, -0.25) is 9.89 Å². The fourth-order valence-corrected chi connectivity index (χ4v) is 4.41. The van der Waals surface area contributed by atoms with E-state index < -0.39 is 0 Å². The summed E-state index contributed by atoms with van der Waals surface area (Å²) in [5.74, 6) is 1.61. The van der Waals surface area contributed by atoms with E-state index in [-0.39, 0.29) is 18.0 Å². The van der Waals surface area contributed by atoms with Crippen LogP contribution in [0.1, 0.15) is 35.7 Å². The second kappa shape index (κ2) is 11.5. The van der Waals surface area contributed by atoms with E-state index in [0.29, 0.717) is 58.4 Å². The molecule has 0 spiro atoms. The van der Waals surface area contributed by atoms with Crippen LogP contribution in [0.5, 0.6) is 11.5 Å². The highest BCUT2D eigenvalue weighted by Crippen LogP contribution is 2.33. The standard InChI is InChI=1S/C27H27N9O3/c1-2-29-27(38)36-13-3-4-19(16-36)32-25-23-21(10-12-31-24(23)34-35-25)39-20-7-5-18(6-8-20)26(37)33-22-14-17(15-28)9-11-30-22/h5-12,14,19H,2-4,13,16H2,1H3,(H,29,38)(H,30,33,37)(H2,31,32,34,35). The molecule has 39 heavy (non-hydrogen) atoms. The number of piperidine rings is 1. The molecule has 4 aromatic rings. The number of aromatic amines is 1. The van der Waals surface area contributed by atoms with Gasteiger partial charge in [-0.25, -0.2) is 14.8 Å². The van der Waals surface area contributed by atoms with Crippen molar-refractivity contribution in [1.82, 2.24) is 30.4 Å². The Labute approximate surface area is 224 Å². The lowest BCUT2D eigenvalue weighted by Gasteiger charge is -2.33. The molecule has 12 nitrogen and oxygen atoms in total. The van der Waals surface area contributed by atoms with Crippen molar-refractivity contribution in [2.45, 2.75) is 25.8 Å². The van der Waals surface area contributed by atoms with Gasteiger partial charge in [0.05, 0.1) is 11.6 Å². The SMILES string of the molecule is CCNC(=O)N1CCCC(Nc2n[nH]c3nccc(Oc4ccc(C(=O)Nc5cc(C#N)ccn5)cc4)c23)C1. The Morgan fingerprint density at radius 3 is 2.79 bits per heavy atom. The molecule has 1 aliphatic heterocycles. The van der Waals surface area contributed by atoms with Crippen LogP contribution in [-0.4, -0.2) is 62.7 Å². The molecule has 1 aliphatic rings. The molecular formula is C27H27N9O3. The fraction of sp³-hybridized carbons (Fsp3) is 0.259. The van der Waals surface area contributed by atoms with E-state index >= 15 is 0 Å². The van der Waals surface area contributed by atoms with Crippen LogP contribution in [0.3, 0.4) is 0 Å². The number of likely N-dealkylation sites (tertiary alicyclic amines) is 1. The van der Waals surface area contributed by atoms with Crippen LogP contribution in [0.15, 0.2) is 54.9 Å². The Kier molecular flexibility index (Phi) is 7.49. The minimum atomic E-state index is -0.356. The Hall–Kier alpha value is -5.18. The van der Waals surface area contributed by atoms with Crippen molar-refractivity contribution in [3.05, 3.63) is 66.0 Å². The lowest BCUT2D eigenvalue weighted by atomic mass is 10.1. The van der Waals surface area contributed by atoms with Crippen molar-refractivity contribution in [1.29, 1.82) is 5.26 Å². The molecule has 1 unspecified atom stereocenters. The summed E-state index contributed by atoms with van der Waals surface area (Å²) < 4.78 is 6.16. The van der Waals surface area contributed by atoms with Crippen LogP contribution in [0.25, 0.3) is 11.0 Å². The number of pyridine rings is 2. The number of nitrogens with one attached hydrogen (secondary N) is 4. The van der Waals surface area contributed by atoms with Gasteiger partial charge >= 0.3 is 6.03 Å². The average Bonchev–Trinajstić information content (AvgIpc) is 3.37. The lowest BCUT2D eigenvalue weighted by Crippen LogP contribution is -2.49. The number of amides is 3. The zero-order valence-electron chi connectivity index (χ0n) is 21.3. The largest absolute Gasteiger partial charge is 0.456 e. The van der Waals surface area contributed by atoms with Crippen molar-refractivity contribution in [2.75, 3.05) is 30.3 Å². The normalized spacial score (nSPS) is 14.9. The summed E-state index contributed by atoms with van der Waals surface area (Å²) in [5, 5.41) is 26.1. The van der Waals surface area contributed by atoms with Gasteiger partial charge in [-0.2, -0.15) is 10.4 Å². The van der Waals surface area contributed by atoms with Crippen molar-refractivity contribution in [3.8, 4) is 17.6 Å². The van der Waals surface area contributed by atoms with Gasteiger partial charge in [0.1, 0.15) is 22.7 Å². The van der Waals surface area contributed by atoms with E-state index in [9.17, 15) is 9.59 Å². The average molecular weight is 526 g/mol.